The number of benzene rings is 1. The highest BCUT2D eigenvalue weighted by Crippen LogP contribution is 2.29. The quantitative estimate of drug-likeness (QED) is 0.786. The molecule has 19 heavy (non-hydrogen) atoms. The third-order valence-corrected chi connectivity index (χ3v) is 3.58. The Hall–Kier alpha value is -2.03. The third kappa shape index (κ3) is 2.55. The van der Waals surface area contributed by atoms with Crippen molar-refractivity contribution in [3.8, 4) is 5.75 Å². The van der Waals surface area contributed by atoms with Gasteiger partial charge in [-0.05, 0) is 61.2 Å². The Kier molecular flexibility index (Phi) is 3.74. The Morgan fingerprint density at radius 1 is 1.21 bits per heavy atom. The number of aldehydes is 1. The van der Waals surface area contributed by atoms with E-state index in [0.717, 1.165) is 23.4 Å². The molecule has 2 aromatic rings. The molecule has 0 saturated heterocycles. The van der Waals surface area contributed by atoms with Gasteiger partial charge in [-0.15, -0.1) is 0 Å². The average molecular weight is 258 g/mol. The van der Waals surface area contributed by atoms with Crippen LogP contribution in [0.3, 0.4) is 0 Å². The van der Waals surface area contributed by atoms with Crippen LogP contribution >= 0.6 is 0 Å². The predicted octanol–water partition coefficient (Wildman–Crippen LogP) is 3.62. The van der Waals surface area contributed by atoms with Crippen LogP contribution in [0.25, 0.3) is 0 Å². The lowest BCUT2D eigenvalue weighted by Gasteiger charge is -2.15. The lowest BCUT2D eigenvalue weighted by Crippen LogP contribution is -2.00. The molecule has 3 nitrogen and oxygen atoms in total. The normalized spacial score (nSPS) is 10.5. The second kappa shape index (κ2) is 5.31. The van der Waals surface area contributed by atoms with Crippen LogP contribution in [0.2, 0.25) is 0 Å². The number of rotatable bonds is 4. The van der Waals surface area contributed by atoms with Crippen molar-refractivity contribution < 1.29 is 13.9 Å². The van der Waals surface area contributed by atoms with Crippen LogP contribution in [0.15, 0.2) is 22.6 Å². The summed E-state index contributed by atoms with van der Waals surface area (Å²) in [5, 5.41) is 0. The van der Waals surface area contributed by atoms with E-state index in [0.29, 0.717) is 12.2 Å². The summed E-state index contributed by atoms with van der Waals surface area (Å²) >= 11 is 0. The number of hydrogen-bond donors (Lipinski definition) is 0. The second-order valence-corrected chi connectivity index (χ2v) is 4.72. The topological polar surface area (TPSA) is 39.4 Å². The van der Waals surface area contributed by atoms with Gasteiger partial charge in [0.05, 0.1) is 7.11 Å². The van der Waals surface area contributed by atoms with Crippen molar-refractivity contribution in [3.05, 3.63) is 52.0 Å². The number of carbonyl (C=O) groups excluding carboxylic acids is 1. The van der Waals surface area contributed by atoms with Gasteiger partial charge in [0.1, 0.15) is 11.5 Å². The van der Waals surface area contributed by atoms with E-state index in [-0.39, 0.29) is 0 Å². The summed E-state index contributed by atoms with van der Waals surface area (Å²) in [4.78, 5) is 10.6. The van der Waals surface area contributed by atoms with Crippen LogP contribution in [0.4, 0.5) is 0 Å². The maximum absolute atomic E-state index is 10.6. The van der Waals surface area contributed by atoms with Crippen molar-refractivity contribution in [1.29, 1.82) is 0 Å². The average Bonchev–Trinajstić information content (AvgIpc) is 2.86. The number of furan rings is 1. The monoisotopic (exact) mass is 258 g/mol. The van der Waals surface area contributed by atoms with Gasteiger partial charge in [0.15, 0.2) is 12.0 Å². The van der Waals surface area contributed by atoms with E-state index in [1.165, 1.54) is 16.7 Å². The molecule has 0 amide bonds. The largest absolute Gasteiger partial charge is 0.496 e. The lowest BCUT2D eigenvalue weighted by molar-refractivity contribution is 0.109. The highest BCUT2D eigenvalue weighted by atomic mass is 16.5. The summed E-state index contributed by atoms with van der Waals surface area (Å²) < 4.78 is 10.8. The SMILES string of the molecule is COc1cc(C)c(Cc2ccc(C=O)o2)c(C)c1C. The molecule has 0 aliphatic carbocycles. The Morgan fingerprint density at radius 2 is 1.95 bits per heavy atom. The molecule has 0 bridgehead atoms. The number of aryl methyl sites for hydroxylation is 1. The first-order chi connectivity index (χ1) is 9.06. The van der Waals surface area contributed by atoms with Gasteiger partial charge in [0, 0.05) is 6.42 Å². The Bertz CT molecular complexity index is 609. The van der Waals surface area contributed by atoms with Crippen LogP contribution in [0, 0.1) is 20.8 Å². The summed E-state index contributed by atoms with van der Waals surface area (Å²) in [5.41, 5.74) is 4.75. The highest BCUT2D eigenvalue weighted by Gasteiger charge is 2.12. The molecule has 0 N–H and O–H groups in total. The maximum Gasteiger partial charge on any atom is 0.185 e. The van der Waals surface area contributed by atoms with Crippen molar-refractivity contribution in [2.45, 2.75) is 27.2 Å². The van der Waals surface area contributed by atoms with Gasteiger partial charge in [-0.25, -0.2) is 0 Å². The van der Waals surface area contributed by atoms with Crippen molar-refractivity contribution >= 4 is 6.29 Å². The molecule has 1 aromatic heterocycles. The molecule has 0 radical (unpaired) electrons. The minimum atomic E-state index is 0.371. The molecule has 1 heterocycles. The molecule has 0 atom stereocenters. The smallest absolute Gasteiger partial charge is 0.185 e. The summed E-state index contributed by atoms with van der Waals surface area (Å²) in [7, 11) is 1.68. The maximum atomic E-state index is 10.6. The van der Waals surface area contributed by atoms with E-state index in [1.54, 1.807) is 13.2 Å². The van der Waals surface area contributed by atoms with Crippen molar-refractivity contribution in [2.75, 3.05) is 7.11 Å². The van der Waals surface area contributed by atoms with Gasteiger partial charge in [0.25, 0.3) is 0 Å². The van der Waals surface area contributed by atoms with Crippen molar-refractivity contribution in [1.82, 2.24) is 0 Å². The van der Waals surface area contributed by atoms with E-state index in [2.05, 4.69) is 20.8 Å². The zero-order chi connectivity index (χ0) is 14.0. The van der Waals surface area contributed by atoms with E-state index in [9.17, 15) is 4.79 Å². The third-order valence-electron chi connectivity index (χ3n) is 3.58. The molecule has 0 fully saturated rings. The zero-order valence-corrected chi connectivity index (χ0v) is 11.7. The fourth-order valence-corrected chi connectivity index (χ4v) is 2.31. The minimum absolute atomic E-state index is 0.371. The van der Waals surface area contributed by atoms with Crippen LogP contribution in [-0.2, 0) is 6.42 Å². The van der Waals surface area contributed by atoms with Crippen LogP contribution in [0.1, 0.15) is 38.6 Å². The fraction of sp³-hybridized carbons (Fsp3) is 0.312. The van der Waals surface area contributed by atoms with E-state index >= 15 is 0 Å². The van der Waals surface area contributed by atoms with E-state index in [4.69, 9.17) is 9.15 Å². The van der Waals surface area contributed by atoms with Gasteiger partial charge >= 0.3 is 0 Å². The van der Waals surface area contributed by atoms with E-state index in [1.807, 2.05) is 12.1 Å². The molecule has 0 aliphatic heterocycles. The van der Waals surface area contributed by atoms with Crippen molar-refractivity contribution in [3.63, 3.8) is 0 Å². The summed E-state index contributed by atoms with van der Waals surface area (Å²) in [6.07, 6.45) is 1.42. The summed E-state index contributed by atoms with van der Waals surface area (Å²) in [5.74, 6) is 2.08. The molecule has 2 rings (SSSR count). The van der Waals surface area contributed by atoms with Gasteiger partial charge in [-0.3, -0.25) is 4.79 Å². The first kappa shape index (κ1) is 13.4. The first-order valence-corrected chi connectivity index (χ1v) is 6.24. The van der Waals surface area contributed by atoms with Crippen LogP contribution < -0.4 is 4.74 Å². The van der Waals surface area contributed by atoms with Gasteiger partial charge < -0.3 is 9.15 Å². The number of hydrogen-bond acceptors (Lipinski definition) is 3. The van der Waals surface area contributed by atoms with Gasteiger partial charge in [0.2, 0.25) is 0 Å². The molecule has 0 unspecified atom stereocenters. The Labute approximate surface area is 113 Å². The molecule has 100 valence electrons. The fourth-order valence-electron chi connectivity index (χ4n) is 2.31. The molecule has 3 heteroatoms. The van der Waals surface area contributed by atoms with Crippen LogP contribution in [0.5, 0.6) is 5.75 Å². The van der Waals surface area contributed by atoms with Gasteiger partial charge in [-0.2, -0.15) is 0 Å². The standard InChI is InChI=1S/C16H18O3/c1-10-7-16(18-4)12(3)11(2)15(10)8-13-5-6-14(9-17)19-13/h5-7,9H,8H2,1-4H3. The molecule has 0 saturated carbocycles. The first-order valence-electron chi connectivity index (χ1n) is 6.24. The van der Waals surface area contributed by atoms with Crippen molar-refractivity contribution in [2.24, 2.45) is 0 Å². The Morgan fingerprint density at radius 3 is 2.53 bits per heavy atom. The molecule has 0 spiro atoms. The molecule has 1 aromatic carbocycles. The molecule has 0 aliphatic rings. The van der Waals surface area contributed by atoms with E-state index < -0.39 is 0 Å². The summed E-state index contributed by atoms with van der Waals surface area (Å²) in [6.45, 7) is 6.20. The minimum Gasteiger partial charge on any atom is -0.496 e. The number of carbonyl (C=O) groups is 1. The van der Waals surface area contributed by atoms with Crippen LogP contribution in [-0.4, -0.2) is 13.4 Å². The summed E-state index contributed by atoms with van der Waals surface area (Å²) in [6, 6.07) is 5.59. The lowest BCUT2D eigenvalue weighted by atomic mass is 9.94. The molecular weight excluding hydrogens is 240 g/mol. The zero-order valence-electron chi connectivity index (χ0n) is 11.7. The Balaban J connectivity index is 2.39. The number of ether oxygens (including phenoxy) is 1. The second-order valence-electron chi connectivity index (χ2n) is 4.72. The number of methoxy groups -OCH3 is 1. The predicted molar refractivity (Wildman–Crippen MR) is 74.1 cm³/mol. The molecular formula is C16H18O3. The van der Waals surface area contributed by atoms with Gasteiger partial charge in [-0.1, -0.05) is 0 Å². The highest BCUT2D eigenvalue weighted by molar-refractivity contribution is 5.70.